The number of carboxylic acid groups (broad SMARTS) is 1. The minimum Gasteiger partial charge on any atom is -0.480 e. The second kappa shape index (κ2) is 5.68. The SMILES string of the molecule is CCN(CC(N)=O)C(=O)N1CC2CCCC2C1C(=O)O. The zero-order valence-electron chi connectivity index (χ0n) is 11.6. The molecule has 1 aliphatic carbocycles. The van der Waals surface area contributed by atoms with Crippen LogP contribution in [-0.2, 0) is 9.59 Å². The largest absolute Gasteiger partial charge is 0.480 e. The van der Waals surface area contributed by atoms with Crippen LogP contribution in [0, 0.1) is 11.8 Å². The van der Waals surface area contributed by atoms with Gasteiger partial charge in [-0.25, -0.2) is 9.59 Å². The van der Waals surface area contributed by atoms with Crippen LogP contribution in [-0.4, -0.2) is 58.5 Å². The molecule has 0 aromatic heterocycles. The van der Waals surface area contributed by atoms with Crippen LogP contribution in [0.15, 0.2) is 0 Å². The zero-order valence-corrected chi connectivity index (χ0v) is 11.6. The second-order valence-electron chi connectivity index (χ2n) is 5.55. The molecule has 112 valence electrons. The van der Waals surface area contributed by atoms with E-state index in [4.69, 9.17) is 5.73 Å². The molecule has 2 fully saturated rings. The molecule has 1 heterocycles. The van der Waals surface area contributed by atoms with E-state index in [0.29, 0.717) is 13.1 Å². The molecule has 0 aromatic carbocycles. The number of carboxylic acids is 1. The number of likely N-dealkylation sites (tertiary alicyclic amines) is 1. The van der Waals surface area contributed by atoms with Gasteiger partial charge in [-0.2, -0.15) is 0 Å². The topological polar surface area (TPSA) is 104 Å². The Hall–Kier alpha value is -1.79. The molecule has 0 spiro atoms. The number of nitrogens with zero attached hydrogens (tertiary/aromatic N) is 2. The highest BCUT2D eigenvalue weighted by molar-refractivity contribution is 5.87. The molecule has 1 saturated carbocycles. The van der Waals surface area contributed by atoms with E-state index in [0.717, 1.165) is 19.3 Å². The number of fused-ring (bicyclic) bond motifs is 1. The molecule has 2 rings (SSSR count). The summed E-state index contributed by atoms with van der Waals surface area (Å²) in [5.74, 6) is -1.23. The van der Waals surface area contributed by atoms with E-state index in [-0.39, 0.29) is 18.4 Å². The average molecular weight is 283 g/mol. The van der Waals surface area contributed by atoms with Crippen LogP contribution < -0.4 is 5.73 Å². The number of urea groups is 1. The maximum Gasteiger partial charge on any atom is 0.326 e. The molecule has 3 unspecified atom stereocenters. The minimum absolute atomic E-state index is 0.0451. The number of aliphatic carboxylic acids is 1. The first-order valence-corrected chi connectivity index (χ1v) is 7.02. The van der Waals surface area contributed by atoms with Crippen molar-refractivity contribution in [2.75, 3.05) is 19.6 Å². The lowest BCUT2D eigenvalue weighted by atomic mass is 9.94. The number of rotatable bonds is 4. The molecule has 3 amide bonds. The van der Waals surface area contributed by atoms with Crippen LogP contribution in [0.4, 0.5) is 4.79 Å². The van der Waals surface area contributed by atoms with Gasteiger partial charge >= 0.3 is 12.0 Å². The average Bonchev–Trinajstić information content (AvgIpc) is 2.93. The summed E-state index contributed by atoms with van der Waals surface area (Å²) in [6, 6.07) is -1.16. The number of primary amides is 1. The van der Waals surface area contributed by atoms with Crippen molar-refractivity contribution in [2.45, 2.75) is 32.2 Å². The molecule has 20 heavy (non-hydrogen) atoms. The van der Waals surface area contributed by atoms with E-state index in [2.05, 4.69) is 0 Å². The fourth-order valence-electron chi connectivity index (χ4n) is 3.50. The van der Waals surface area contributed by atoms with Crippen LogP contribution in [0.2, 0.25) is 0 Å². The van der Waals surface area contributed by atoms with Crippen molar-refractivity contribution >= 4 is 17.9 Å². The third-order valence-corrected chi connectivity index (χ3v) is 4.39. The van der Waals surface area contributed by atoms with Gasteiger partial charge in [-0.05, 0) is 31.6 Å². The number of hydrogen-bond donors (Lipinski definition) is 2. The number of nitrogens with two attached hydrogens (primary N) is 1. The quantitative estimate of drug-likeness (QED) is 0.763. The molecule has 7 heteroatoms. The predicted molar refractivity (Wildman–Crippen MR) is 70.8 cm³/mol. The second-order valence-corrected chi connectivity index (χ2v) is 5.55. The molecule has 3 atom stereocenters. The molecular weight excluding hydrogens is 262 g/mol. The van der Waals surface area contributed by atoms with Gasteiger partial charge in [0, 0.05) is 13.1 Å². The van der Waals surface area contributed by atoms with Crippen LogP contribution >= 0.6 is 0 Å². The van der Waals surface area contributed by atoms with Crippen LogP contribution in [0.25, 0.3) is 0 Å². The van der Waals surface area contributed by atoms with Crippen molar-refractivity contribution in [1.82, 2.24) is 9.80 Å². The Bertz CT molecular complexity index is 426. The Morgan fingerprint density at radius 3 is 2.60 bits per heavy atom. The van der Waals surface area contributed by atoms with E-state index in [1.165, 1.54) is 9.80 Å². The predicted octanol–water partition coefficient (Wildman–Crippen LogP) is 0.0987. The molecule has 0 aromatic rings. The summed E-state index contributed by atoms with van der Waals surface area (Å²) in [5, 5.41) is 9.41. The van der Waals surface area contributed by atoms with Crippen molar-refractivity contribution < 1.29 is 19.5 Å². The summed E-state index contributed by atoms with van der Waals surface area (Å²) >= 11 is 0. The summed E-state index contributed by atoms with van der Waals surface area (Å²) in [7, 11) is 0. The minimum atomic E-state index is -0.956. The summed E-state index contributed by atoms with van der Waals surface area (Å²) in [6.45, 7) is 2.37. The third kappa shape index (κ3) is 2.57. The molecule has 7 nitrogen and oxygen atoms in total. The molecule has 1 aliphatic heterocycles. The van der Waals surface area contributed by atoms with E-state index in [1.54, 1.807) is 6.92 Å². The maximum absolute atomic E-state index is 12.4. The van der Waals surface area contributed by atoms with E-state index >= 15 is 0 Å². The summed E-state index contributed by atoms with van der Waals surface area (Å²) in [5.41, 5.74) is 5.12. The van der Waals surface area contributed by atoms with Crippen molar-refractivity contribution in [3.63, 3.8) is 0 Å². The summed E-state index contributed by atoms with van der Waals surface area (Å²) < 4.78 is 0. The fraction of sp³-hybridized carbons (Fsp3) is 0.769. The normalized spacial score (nSPS) is 28.2. The van der Waals surface area contributed by atoms with Crippen molar-refractivity contribution in [3.05, 3.63) is 0 Å². The monoisotopic (exact) mass is 283 g/mol. The fourth-order valence-corrected chi connectivity index (χ4v) is 3.50. The van der Waals surface area contributed by atoms with Gasteiger partial charge in [0.1, 0.15) is 12.6 Å². The first kappa shape index (κ1) is 14.6. The van der Waals surface area contributed by atoms with Gasteiger partial charge < -0.3 is 20.6 Å². The van der Waals surface area contributed by atoms with Gasteiger partial charge in [0.25, 0.3) is 0 Å². The van der Waals surface area contributed by atoms with Gasteiger partial charge in [-0.1, -0.05) is 6.42 Å². The Morgan fingerprint density at radius 1 is 1.35 bits per heavy atom. The number of amides is 3. The Morgan fingerprint density at radius 2 is 2.05 bits per heavy atom. The van der Waals surface area contributed by atoms with Gasteiger partial charge in [0.2, 0.25) is 5.91 Å². The highest BCUT2D eigenvalue weighted by atomic mass is 16.4. The van der Waals surface area contributed by atoms with Gasteiger partial charge in [0.15, 0.2) is 0 Å². The molecule has 0 bridgehead atoms. The third-order valence-electron chi connectivity index (χ3n) is 4.39. The molecule has 1 saturated heterocycles. The summed E-state index contributed by atoms with van der Waals surface area (Å²) in [4.78, 5) is 37.6. The highest BCUT2D eigenvalue weighted by Gasteiger charge is 2.50. The Kier molecular flexibility index (Phi) is 4.15. The smallest absolute Gasteiger partial charge is 0.326 e. The lowest BCUT2D eigenvalue weighted by Crippen LogP contribution is -2.51. The van der Waals surface area contributed by atoms with Gasteiger partial charge in [-0.3, -0.25) is 4.79 Å². The first-order valence-electron chi connectivity index (χ1n) is 7.02. The number of hydrogen-bond acceptors (Lipinski definition) is 3. The Balaban J connectivity index is 2.15. The molecular formula is C13H21N3O4. The van der Waals surface area contributed by atoms with E-state index < -0.39 is 23.9 Å². The first-order chi connectivity index (χ1) is 9.45. The zero-order chi connectivity index (χ0) is 14.9. The van der Waals surface area contributed by atoms with Crippen LogP contribution in [0.3, 0.4) is 0 Å². The number of carbonyl (C=O) groups is 3. The number of carbonyl (C=O) groups excluding carboxylic acids is 2. The van der Waals surface area contributed by atoms with Crippen LogP contribution in [0.1, 0.15) is 26.2 Å². The lowest BCUT2D eigenvalue weighted by molar-refractivity contribution is -0.142. The Labute approximate surface area is 117 Å². The maximum atomic E-state index is 12.4. The standard InChI is InChI=1S/C13H21N3O4/c1-2-15(7-10(14)17)13(20)16-6-8-4-3-5-9(8)11(16)12(18)19/h8-9,11H,2-7H2,1H3,(H2,14,17)(H,18,19). The summed E-state index contributed by atoms with van der Waals surface area (Å²) in [6.07, 6.45) is 2.85. The van der Waals surface area contributed by atoms with E-state index in [1.807, 2.05) is 0 Å². The highest BCUT2D eigenvalue weighted by Crippen LogP contribution is 2.42. The molecule has 3 N–H and O–H groups in total. The molecule has 2 aliphatic rings. The van der Waals surface area contributed by atoms with Gasteiger partial charge in [-0.15, -0.1) is 0 Å². The van der Waals surface area contributed by atoms with Crippen molar-refractivity contribution in [2.24, 2.45) is 17.6 Å². The van der Waals surface area contributed by atoms with Crippen molar-refractivity contribution in [3.8, 4) is 0 Å². The van der Waals surface area contributed by atoms with Crippen molar-refractivity contribution in [1.29, 1.82) is 0 Å². The number of likely N-dealkylation sites (N-methyl/N-ethyl adjacent to an activating group) is 1. The molecule has 0 radical (unpaired) electrons. The van der Waals surface area contributed by atoms with Crippen LogP contribution in [0.5, 0.6) is 0 Å². The van der Waals surface area contributed by atoms with E-state index in [9.17, 15) is 19.5 Å². The lowest BCUT2D eigenvalue weighted by Gasteiger charge is -2.30. The van der Waals surface area contributed by atoms with Gasteiger partial charge in [0.05, 0.1) is 0 Å².